The fourth-order valence-corrected chi connectivity index (χ4v) is 3.67. The molecule has 1 aliphatic heterocycles. The van der Waals surface area contributed by atoms with Crippen LogP contribution in [0.1, 0.15) is 10.9 Å². The number of nitrogens with one attached hydrogen (secondary N) is 2. The van der Waals surface area contributed by atoms with E-state index in [-0.39, 0.29) is 16.8 Å². The summed E-state index contributed by atoms with van der Waals surface area (Å²) >= 11 is 1.47. The van der Waals surface area contributed by atoms with Crippen molar-refractivity contribution in [1.29, 1.82) is 0 Å². The van der Waals surface area contributed by atoms with Gasteiger partial charge in [0.25, 0.3) is 0 Å². The fourth-order valence-electron chi connectivity index (χ4n) is 2.69. The highest BCUT2D eigenvalue weighted by Gasteiger charge is 2.29. The summed E-state index contributed by atoms with van der Waals surface area (Å²) in [4.78, 5) is 0. The van der Waals surface area contributed by atoms with Gasteiger partial charge in [0.15, 0.2) is 23.0 Å². The Morgan fingerprint density at radius 2 is 2.12 bits per heavy atom. The standard InChI is InChI=1S/C16H15N5O4S/c1-25-13-8-10(5-6-12(13)22)15-19-20-14(17-18-16(20)26-15)9-3-2-4-11(7-9)21(23)24/h2-8,15,19,21-23H,1H3. The van der Waals surface area contributed by atoms with E-state index in [0.717, 1.165) is 5.56 Å². The molecule has 1 aromatic heterocycles. The Morgan fingerprint density at radius 3 is 2.88 bits per heavy atom. The van der Waals surface area contributed by atoms with Crippen molar-refractivity contribution in [2.75, 3.05) is 12.5 Å². The molecule has 2 aromatic carbocycles. The van der Waals surface area contributed by atoms with Crippen LogP contribution in [0.15, 0.2) is 47.6 Å². The lowest BCUT2D eigenvalue weighted by atomic mass is 10.2. The minimum Gasteiger partial charge on any atom is -0.595 e. The second-order valence-corrected chi connectivity index (χ2v) is 6.66. The minimum absolute atomic E-state index is 0.0739. The van der Waals surface area contributed by atoms with Crippen LogP contribution < -0.4 is 15.4 Å². The number of phenolic OH excluding ortho intramolecular Hbond substituents is 1. The summed E-state index contributed by atoms with van der Waals surface area (Å²) in [5.41, 5.74) is 5.03. The summed E-state index contributed by atoms with van der Waals surface area (Å²) < 4.78 is 6.89. The zero-order valence-corrected chi connectivity index (χ0v) is 14.4. The number of ether oxygens (including phenoxy) is 1. The molecule has 0 bridgehead atoms. The maximum Gasteiger partial charge on any atom is 0.212 e. The Bertz CT molecular complexity index is 962. The molecule has 10 heteroatoms. The molecule has 0 spiro atoms. The van der Waals surface area contributed by atoms with Crippen molar-refractivity contribution >= 4 is 17.4 Å². The van der Waals surface area contributed by atoms with E-state index in [4.69, 9.17) is 9.94 Å². The van der Waals surface area contributed by atoms with Crippen LogP contribution in [-0.4, -0.2) is 32.3 Å². The van der Waals surface area contributed by atoms with Gasteiger partial charge in [0.1, 0.15) is 5.37 Å². The summed E-state index contributed by atoms with van der Waals surface area (Å²) in [7, 11) is 1.50. The molecule has 0 aliphatic carbocycles. The van der Waals surface area contributed by atoms with Crippen molar-refractivity contribution in [2.24, 2.45) is 0 Å². The molecule has 1 aliphatic rings. The molecule has 0 saturated heterocycles. The smallest absolute Gasteiger partial charge is 0.212 e. The highest BCUT2D eigenvalue weighted by molar-refractivity contribution is 7.99. The Balaban J connectivity index is 1.64. The molecule has 0 radical (unpaired) electrons. The number of nitrogens with zero attached hydrogens (tertiary/aromatic N) is 3. The van der Waals surface area contributed by atoms with Gasteiger partial charge in [0.05, 0.1) is 7.11 Å². The average Bonchev–Trinajstić information content (AvgIpc) is 3.23. The van der Waals surface area contributed by atoms with Crippen LogP contribution in [0, 0.1) is 5.21 Å². The largest absolute Gasteiger partial charge is 0.595 e. The number of aromatic hydroxyl groups is 1. The minimum atomic E-state index is -0.996. The van der Waals surface area contributed by atoms with E-state index in [1.54, 1.807) is 41.1 Å². The molecule has 26 heavy (non-hydrogen) atoms. The van der Waals surface area contributed by atoms with Crippen LogP contribution >= 0.6 is 11.8 Å². The van der Waals surface area contributed by atoms with Crippen molar-refractivity contribution in [3.8, 4) is 22.9 Å². The van der Waals surface area contributed by atoms with Gasteiger partial charge < -0.3 is 20.5 Å². The average molecular weight is 373 g/mol. The SMILES string of the molecule is COc1cc(C2Nn3c(nnc3-c3cccc([NH+]([O-])O)c3)S2)ccc1O. The molecule has 4 rings (SSSR count). The predicted molar refractivity (Wildman–Crippen MR) is 93.9 cm³/mol. The van der Waals surface area contributed by atoms with Gasteiger partial charge >= 0.3 is 0 Å². The first-order valence-corrected chi connectivity index (χ1v) is 8.54. The Morgan fingerprint density at radius 1 is 1.27 bits per heavy atom. The van der Waals surface area contributed by atoms with Crippen molar-refractivity contribution < 1.29 is 20.3 Å². The summed E-state index contributed by atoms with van der Waals surface area (Å²) in [5, 5.41) is 38.0. The normalized spacial score (nSPS) is 16.8. The lowest BCUT2D eigenvalue weighted by molar-refractivity contribution is -0.991. The van der Waals surface area contributed by atoms with Gasteiger partial charge in [-0.05, 0) is 17.7 Å². The van der Waals surface area contributed by atoms with Gasteiger partial charge in [0, 0.05) is 17.7 Å². The third-order valence-corrected chi connectivity index (χ3v) is 5.07. The van der Waals surface area contributed by atoms with Gasteiger partial charge in [-0.3, -0.25) is 0 Å². The maximum atomic E-state index is 11.2. The second-order valence-electron chi connectivity index (χ2n) is 5.59. The molecule has 0 saturated carbocycles. The third-order valence-electron chi connectivity index (χ3n) is 3.98. The van der Waals surface area contributed by atoms with E-state index in [1.165, 1.54) is 24.9 Å². The van der Waals surface area contributed by atoms with E-state index in [0.29, 0.717) is 22.3 Å². The molecule has 2 unspecified atom stereocenters. The molecule has 2 atom stereocenters. The Kier molecular flexibility index (Phi) is 4.17. The number of rotatable bonds is 4. The predicted octanol–water partition coefficient (Wildman–Crippen LogP) is 1.41. The molecule has 4 N–H and O–H groups in total. The van der Waals surface area contributed by atoms with E-state index in [1.807, 2.05) is 0 Å². The summed E-state index contributed by atoms with van der Waals surface area (Å²) in [6, 6.07) is 11.7. The van der Waals surface area contributed by atoms with Crippen molar-refractivity contribution in [3.05, 3.63) is 53.2 Å². The molecular formula is C16H15N5O4S. The topological polar surface area (TPSA) is 120 Å². The van der Waals surface area contributed by atoms with Crippen molar-refractivity contribution in [2.45, 2.75) is 10.5 Å². The number of hydrogen-bond acceptors (Lipinski definition) is 8. The fraction of sp³-hybridized carbons (Fsp3) is 0.125. The number of methoxy groups -OCH3 is 1. The number of quaternary nitrogens is 1. The number of thioether (sulfide) groups is 1. The lowest BCUT2D eigenvalue weighted by Crippen LogP contribution is -2.99. The number of phenols is 1. The van der Waals surface area contributed by atoms with E-state index < -0.39 is 5.23 Å². The summed E-state index contributed by atoms with van der Waals surface area (Å²) in [6.07, 6.45) is 0. The monoisotopic (exact) mass is 373 g/mol. The summed E-state index contributed by atoms with van der Waals surface area (Å²) in [6.45, 7) is 0. The first kappa shape index (κ1) is 16.7. The van der Waals surface area contributed by atoms with Gasteiger partial charge in [-0.25, -0.2) is 9.88 Å². The van der Waals surface area contributed by atoms with Crippen LogP contribution in [0.5, 0.6) is 11.5 Å². The zero-order chi connectivity index (χ0) is 18.3. The Labute approximate surface area is 152 Å². The van der Waals surface area contributed by atoms with Crippen molar-refractivity contribution in [3.63, 3.8) is 0 Å². The first-order valence-electron chi connectivity index (χ1n) is 7.66. The number of hydrogen-bond donors (Lipinski definition) is 4. The molecule has 0 fully saturated rings. The number of fused-ring (bicyclic) bond motifs is 1. The third kappa shape index (κ3) is 2.84. The van der Waals surface area contributed by atoms with Crippen LogP contribution in [0.25, 0.3) is 11.4 Å². The van der Waals surface area contributed by atoms with Crippen molar-refractivity contribution in [1.82, 2.24) is 14.9 Å². The maximum absolute atomic E-state index is 11.2. The van der Waals surface area contributed by atoms with E-state index >= 15 is 0 Å². The summed E-state index contributed by atoms with van der Waals surface area (Å²) in [5.74, 6) is 0.996. The van der Waals surface area contributed by atoms with E-state index in [9.17, 15) is 10.3 Å². The number of benzene rings is 2. The quantitative estimate of drug-likeness (QED) is 0.507. The van der Waals surface area contributed by atoms with Gasteiger partial charge in [-0.2, -0.15) is 5.23 Å². The second kappa shape index (κ2) is 6.50. The first-order chi connectivity index (χ1) is 12.6. The van der Waals surface area contributed by atoms with Crippen LogP contribution in [0.3, 0.4) is 0 Å². The van der Waals surface area contributed by atoms with Crippen LogP contribution in [-0.2, 0) is 0 Å². The highest BCUT2D eigenvalue weighted by atomic mass is 32.2. The molecule has 3 aromatic rings. The van der Waals surface area contributed by atoms with Gasteiger partial charge in [-0.1, -0.05) is 30.0 Å². The molecule has 0 amide bonds. The molecule has 9 nitrogen and oxygen atoms in total. The molecule has 2 heterocycles. The Hall–Kier alpha value is -2.79. The number of aromatic nitrogens is 3. The lowest BCUT2D eigenvalue weighted by Gasteiger charge is -2.14. The van der Waals surface area contributed by atoms with Crippen LogP contribution in [0.4, 0.5) is 5.69 Å². The molecular weight excluding hydrogens is 358 g/mol. The van der Waals surface area contributed by atoms with Gasteiger partial charge in [-0.15, -0.1) is 10.2 Å². The van der Waals surface area contributed by atoms with Crippen LogP contribution in [0.2, 0.25) is 0 Å². The van der Waals surface area contributed by atoms with Gasteiger partial charge in [0.2, 0.25) is 5.16 Å². The highest BCUT2D eigenvalue weighted by Crippen LogP contribution is 2.42. The zero-order valence-electron chi connectivity index (χ0n) is 13.6. The molecule has 134 valence electrons. The van der Waals surface area contributed by atoms with E-state index in [2.05, 4.69) is 15.6 Å².